The van der Waals surface area contributed by atoms with E-state index in [1.807, 2.05) is 30.3 Å². The number of hydrogen-bond donors (Lipinski definition) is 1. The van der Waals surface area contributed by atoms with Gasteiger partial charge in [0.15, 0.2) is 0 Å². The van der Waals surface area contributed by atoms with Crippen molar-refractivity contribution in [3.63, 3.8) is 0 Å². The van der Waals surface area contributed by atoms with E-state index in [0.29, 0.717) is 12.1 Å². The topological polar surface area (TPSA) is 85.2 Å². The molecule has 1 aromatic carbocycles. The summed E-state index contributed by atoms with van der Waals surface area (Å²) in [4.78, 5) is 27.0. The summed E-state index contributed by atoms with van der Waals surface area (Å²) in [5.74, 6) is -1.45. The van der Waals surface area contributed by atoms with Gasteiger partial charge in [-0.1, -0.05) is 48.5 Å². The summed E-state index contributed by atoms with van der Waals surface area (Å²) in [5.41, 5.74) is 1.22. The van der Waals surface area contributed by atoms with Crippen LogP contribution in [0.3, 0.4) is 0 Å². The zero-order valence-electron chi connectivity index (χ0n) is 14.1. The standard InChI is InChI=1S/C18H23NO5/c1-4-23-17(21)11-10-13(2)18(22)16(19-24-14(3)20)12-15-8-6-5-7-9-15/h5-11,13,18,22H,4,12H2,1-3H3/b11-10+,19-16+/t13-,18-/m1/s1. The van der Waals surface area contributed by atoms with Gasteiger partial charge in [-0.05, 0) is 12.5 Å². The number of carbonyl (C=O) groups excluding carboxylic acids is 2. The van der Waals surface area contributed by atoms with Gasteiger partial charge in [0, 0.05) is 25.3 Å². The molecule has 0 saturated heterocycles. The summed E-state index contributed by atoms with van der Waals surface area (Å²) in [6.07, 6.45) is 2.13. The van der Waals surface area contributed by atoms with Gasteiger partial charge in [-0.25, -0.2) is 9.59 Å². The van der Waals surface area contributed by atoms with Crippen molar-refractivity contribution in [2.24, 2.45) is 11.1 Å². The molecule has 0 radical (unpaired) electrons. The molecule has 0 aliphatic rings. The van der Waals surface area contributed by atoms with E-state index in [-0.39, 0.29) is 6.61 Å². The van der Waals surface area contributed by atoms with Crippen LogP contribution in [0.2, 0.25) is 0 Å². The molecule has 0 aliphatic heterocycles. The molecular weight excluding hydrogens is 310 g/mol. The second-order valence-corrected chi connectivity index (χ2v) is 5.24. The van der Waals surface area contributed by atoms with Crippen molar-refractivity contribution in [1.29, 1.82) is 0 Å². The summed E-state index contributed by atoms with van der Waals surface area (Å²) in [5, 5.41) is 14.2. The Balaban J connectivity index is 2.86. The number of rotatable bonds is 8. The minimum Gasteiger partial charge on any atom is -0.463 e. The fourth-order valence-corrected chi connectivity index (χ4v) is 1.95. The van der Waals surface area contributed by atoms with Gasteiger partial charge in [0.2, 0.25) is 0 Å². The maximum Gasteiger partial charge on any atom is 0.331 e. The van der Waals surface area contributed by atoms with Crippen LogP contribution in [-0.4, -0.2) is 35.5 Å². The first-order chi connectivity index (χ1) is 11.4. The Kier molecular flexibility index (Phi) is 8.43. The number of aliphatic hydroxyl groups excluding tert-OH is 1. The lowest BCUT2D eigenvalue weighted by atomic mass is 9.95. The highest BCUT2D eigenvalue weighted by Gasteiger charge is 2.20. The molecule has 0 spiro atoms. The van der Waals surface area contributed by atoms with Crippen LogP contribution in [0.25, 0.3) is 0 Å². The number of carbonyl (C=O) groups is 2. The maximum absolute atomic E-state index is 11.4. The number of benzene rings is 1. The molecule has 0 aliphatic carbocycles. The summed E-state index contributed by atoms with van der Waals surface area (Å²) in [7, 11) is 0. The molecular formula is C18H23NO5. The summed E-state index contributed by atoms with van der Waals surface area (Å²) >= 11 is 0. The number of hydrogen-bond acceptors (Lipinski definition) is 6. The normalized spacial score (nSPS) is 14.2. The largest absolute Gasteiger partial charge is 0.463 e. The summed E-state index contributed by atoms with van der Waals surface area (Å²) in [6.45, 7) is 4.97. The Labute approximate surface area is 141 Å². The fourth-order valence-electron chi connectivity index (χ4n) is 1.95. The van der Waals surface area contributed by atoms with Gasteiger partial charge >= 0.3 is 11.9 Å². The lowest BCUT2D eigenvalue weighted by molar-refractivity contribution is -0.141. The Morgan fingerprint density at radius 3 is 2.54 bits per heavy atom. The highest BCUT2D eigenvalue weighted by Crippen LogP contribution is 2.12. The summed E-state index contributed by atoms with van der Waals surface area (Å²) < 4.78 is 4.80. The van der Waals surface area contributed by atoms with Crippen LogP contribution in [0, 0.1) is 5.92 Å². The van der Waals surface area contributed by atoms with Crippen molar-refractivity contribution >= 4 is 17.7 Å². The molecule has 0 bridgehead atoms. The molecule has 0 amide bonds. The Hall–Kier alpha value is -2.47. The van der Waals surface area contributed by atoms with E-state index in [0.717, 1.165) is 5.56 Å². The van der Waals surface area contributed by atoms with E-state index >= 15 is 0 Å². The first-order valence-corrected chi connectivity index (χ1v) is 7.75. The molecule has 24 heavy (non-hydrogen) atoms. The minimum absolute atomic E-state index is 0.285. The molecule has 0 unspecified atom stereocenters. The fraction of sp³-hybridized carbons (Fsp3) is 0.389. The quantitative estimate of drug-likeness (QED) is 0.259. The van der Waals surface area contributed by atoms with Crippen molar-refractivity contribution in [2.45, 2.75) is 33.3 Å². The highest BCUT2D eigenvalue weighted by atomic mass is 16.7. The van der Waals surface area contributed by atoms with Crippen molar-refractivity contribution in [1.82, 2.24) is 0 Å². The predicted octanol–water partition coefficient (Wildman–Crippen LogP) is 2.26. The minimum atomic E-state index is -1.00. The molecule has 0 aromatic heterocycles. The number of aliphatic hydroxyl groups is 1. The molecule has 1 aromatic rings. The van der Waals surface area contributed by atoms with Crippen molar-refractivity contribution in [2.75, 3.05) is 6.61 Å². The SMILES string of the molecule is CCOC(=O)/C=C/[C@@H](C)[C@@H](O)/C(Cc1ccccc1)=N/OC(C)=O. The van der Waals surface area contributed by atoms with Gasteiger partial charge in [-0.15, -0.1) is 0 Å². The van der Waals surface area contributed by atoms with E-state index in [1.54, 1.807) is 13.8 Å². The van der Waals surface area contributed by atoms with Gasteiger partial charge in [-0.3, -0.25) is 0 Å². The third kappa shape index (κ3) is 7.19. The van der Waals surface area contributed by atoms with Crippen LogP contribution >= 0.6 is 0 Å². The van der Waals surface area contributed by atoms with Gasteiger partial charge in [0.1, 0.15) is 6.10 Å². The second-order valence-electron chi connectivity index (χ2n) is 5.24. The molecule has 130 valence electrons. The zero-order chi connectivity index (χ0) is 17.9. The lowest BCUT2D eigenvalue weighted by Crippen LogP contribution is -2.29. The lowest BCUT2D eigenvalue weighted by Gasteiger charge is -2.17. The first-order valence-electron chi connectivity index (χ1n) is 7.75. The maximum atomic E-state index is 11.4. The van der Waals surface area contributed by atoms with Crippen molar-refractivity contribution in [3.05, 3.63) is 48.0 Å². The van der Waals surface area contributed by atoms with Gasteiger partial charge in [-0.2, -0.15) is 0 Å². The number of esters is 1. The van der Waals surface area contributed by atoms with E-state index in [9.17, 15) is 14.7 Å². The first kappa shape index (κ1) is 19.6. The second kappa shape index (κ2) is 10.3. The summed E-state index contributed by atoms with van der Waals surface area (Å²) in [6, 6.07) is 9.39. The van der Waals surface area contributed by atoms with E-state index in [2.05, 4.69) is 9.99 Å². The van der Waals surface area contributed by atoms with Crippen molar-refractivity contribution in [3.8, 4) is 0 Å². The number of nitrogens with zero attached hydrogens (tertiary/aromatic N) is 1. The monoisotopic (exact) mass is 333 g/mol. The van der Waals surface area contributed by atoms with E-state index in [4.69, 9.17) is 4.74 Å². The van der Waals surface area contributed by atoms with Gasteiger partial charge < -0.3 is 14.7 Å². The van der Waals surface area contributed by atoms with Crippen molar-refractivity contribution < 1.29 is 24.3 Å². The van der Waals surface area contributed by atoms with Crippen LogP contribution in [0.5, 0.6) is 0 Å². The van der Waals surface area contributed by atoms with E-state index < -0.39 is 24.0 Å². The molecule has 2 atom stereocenters. The molecule has 6 heteroatoms. The number of oxime groups is 1. The molecule has 1 N–H and O–H groups in total. The molecule has 6 nitrogen and oxygen atoms in total. The Morgan fingerprint density at radius 2 is 1.96 bits per heavy atom. The molecule has 0 fully saturated rings. The van der Waals surface area contributed by atoms with Crippen LogP contribution in [0.1, 0.15) is 26.3 Å². The predicted molar refractivity (Wildman–Crippen MR) is 90.3 cm³/mol. The van der Waals surface area contributed by atoms with Crippen LogP contribution in [0.4, 0.5) is 0 Å². The molecule has 0 heterocycles. The van der Waals surface area contributed by atoms with Crippen LogP contribution in [0.15, 0.2) is 47.6 Å². The smallest absolute Gasteiger partial charge is 0.331 e. The van der Waals surface area contributed by atoms with Crippen LogP contribution < -0.4 is 0 Å². The van der Waals surface area contributed by atoms with Gasteiger partial charge in [0.05, 0.1) is 12.3 Å². The van der Waals surface area contributed by atoms with Gasteiger partial charge in [0.25, 0.3) is 0 Å². The van der Waals surface area contributed by atoms with E-state index in [1.165, 1.54) is 19.1 Å². The Morgan fingerprint density at radius 1 is 1.29 bits per heavy atom. The average Bonchev–Trinajstić information content (AvgIpc) is 2.56. The average molecular weight is 333 g/mol. The molecule has 0 saturated carbocycles. The third-order valence-electron chi connectivity index (χ3n) is 3.18. The number of ether oxygens (including phenoxy) is 1. The third-order valence-corrected chi connectivity index (χ3v) is 3.18. The Bertz CT molecular complexity index is 595. The molecule has 1 rings (SSSR count). The zero-order valence-corrected chi connectivity index (χ0v) is 14.1. The van der Waals surface area contributed by atoms with Crippen LogP contribution in [-0.2, 0) is 25.6 Å². The highest BCUT2D eigenvalue weighted by molar-refractivity contribution is 5.91.